The summed E-state index contributed by atoms with van der Waals surface area (Å²) < 4.78 is 5.46. The molecule has 0 radical (unpaired) electrons. The molecular weight excluding hydrogens is 296 g/mol. The summed E-state index contributed by atoms with van der Waals surface area (Å²) in [5.74, 6) is 0.239. The van der Waals surface area contributed by atoms with Crippen molar-refractivity contribution in [2.45, 2.75) is 32.7 Å². The van der Waals surface area contributed by atoms with Crippen LogP contribution < -0.4 is 15.8 Å². The first-order chi connectivity index (χ1) is 9.43. The number of nitrogens with one attached hydrogen (secondary N) is 1. The van der Waals surface area contributed by atoms with Crippen LogP contribution in [0, 0.1) is 0 Å². The van der Waals surface area contributed by atoms with E-state index >= 15 is 0 Å². The molecule has 4 nitrogen and oxygen atoms in total. The highest BCUT2D eigenvalue weighted by Crippen LogP contribution is 2.23. The number of thiocarbonyl (C=S) groups is 1. The summed E-state index contributed by atoms with van der Waals surface area (Å²) in [5, 5.41) is 3.35. The molecule has 1 aromatic rings. The van der Waals surface area contributed by atoms with Gasteiger partial charge < -0.3 is 15.8 Å². The summed E-state index contributed by atoms with van der Waals surface area (Å²) in [6, 6.07) is 5.08. The largest absolute Gasteiger partial charge is 0.483 e. The van der Waals surface area contributed by atoms with E-state index in [-0.39, 0.29) is 23.5 Å². The highest BCUT2D eigenvalue weighted by Gasteiger charge is 2.11. The third-order valence-electron chi connectivity index (χ3n) is 2.70. The van der Waals surface area contributed by atoms with Crippen LogP contribution in [0.1, 0.15) is 32.3 Å². The molecule has 1 unspecified atom stereocenters. The molecule has 1 atom stereocenters. The fraction of sp³-hybridized carbons (Fsp3) is 0.429. The predicted octanol–water partition coefficient (Wildman–Crippen LogP) is 2.66. The second-order valence-electron chi connectivity index (χ2n) is 4.55. The summed E-state index contributed by atoms with van der Waals surface area (Å²) in [6.45, 7) is 3.94. The fourth-order valence-electron chi connectivity index (χ4n) is 1.78. The average Bonchev–Trinajstić information content (AvgIpc) is 2.36. The third kappa shape index (κ3) is 5.35. The van der Waals surface area contributed by atoms with E-state index in [1.807, 2.05) is 6.92 Å². The smallest absolute Gasteiger partial charge is 0.258 e. The van der Waals surface area contributed by atoms with Gasteiger partial charge in [0.15, 0.2) is 6.61 Å². The molecule has 0 saturated carbocycles. The van der Waals surface area contributed by atoms with Crippen LogP contribution in [-0.2, 0) is 4.79 Å². The van der Waals surface area contributed by atoms with Crippen LogP contribution >= 0.6 is 23.8 Å². The third-order valence-corrected chi connectivity index (χ3v) is 3.15. The minimum absolute atomic E-state index is 0.0932. The number of benzene rings is 1. The van der Waals surface area contributed by atoms with Crippen molar-refractivity contribution in [2.24, 2.45) is 5.73 Å². The predicted molar refractivity (Wildman–Crippen MR) is 85.3 cm³/mol. The number of amides is 1. The Balaban J connectivity index is 2.63. The molecule has 0 aliphatic carbocycles. The first kappa shape index (κ1) is 16.7. The molecule has 110 valence electrons. The van der Waals surface area contributed by atoms with Crippen LogP contribution in [0.5, 0.6) is 5.75 Å². The molecule has 0 aromatic heterocycles. The maximum Gasteiger partial charge on any atom is 0.258 e. The van der Waals surface area contributed by atoms with Gasteiger partial charge in [0.1, 0.15) is 10.7 Å². The Kier molecular flexibility index (Phi) is 6.75. The second kappa shape index (κ2) is 8.07. The van der Waals surface area contributed by atoms with Crippen molar-refractivity contribution in [2.75, 3.05) is 6.61 Å². The SMILES string of the molecule is CCCC(C)NC(=O)COc1cc(Cl)ccc1C(N)=S. The van der Waals surface area contributed by atoms with Crippen molar-refractivity contribution in [3.05, 3.63) is 28.8 Å². The van der Waals surface area contributed by atoms with Crippen LogP contribution in [-0.4, -0.2) is 23.5 Å². The number of carbonyl (C=O) groups excluding carboxylic acids is 1. The Morgan fingerprint density at radius 1 is 1.55 bits per heavy atom. The zero-order valence-electron chi connectivity index (χ0n) is 11.6. The van der Waals surface area contributed by atoms with Gasteiger partial charge in [0.2, 0.25) is 0 Å². The van der Waals surface area contributed by atoms with Gasteiger partial charge in [-0.3, -0.25) is 4.79 Å². The second-order valence-corrected chi connectivity index (χ2v) is 5.43. The number of ether oxygens (including phenoxy) is 1. The zero-order valence-corrected chi connectivity index (χ0v) is 13.2. The standard InChI is InChI=1S/C14H19ClN2O2S/c1-3-4-9(2)17-13(18)8-19-12-7-10(15)5-6-11(12)14(16)20/h5-7,9H,3-4,8H2,1-2H3,(H2,16,20)(H,17,18). The number of nitrogens with two attached hydrogens (primary N) is 1. The van der Waals surface area contributed by atoms with E-state index in [4.69, 9.17) is 34.3 Å². The summed E-state index contributed by atoms with van der Waals surface area (Å²) in [7, 11) is 0. The minimum Gasteiger partial charge on any atom is -0.483 e. The van der Waals surface area contributed by atoms with Crippen LogP contribution in [0.2, 0.25) is 5.02 Å². The maximum atomic E-state index is 11.7. The molecule has 1 aromatic carbocycles. The van der Waals surface area contributed by atoms with Crippen molar-refractivity contribution < 1.29 is 9.53 Å². The van der Waals surface area contributed by atoms with Gasteiger partial charge in [-0.05, 0) is 31.5 Å². The maximum absolute atomic E-state index is 11.7. The number of carbonyl (C=O) groups is 1. The lowest BCUT2D eigenvalue weighted by Crippen LogP contribution is -2.36. The van der Waals surface area contributed by atoms with Gasteiger partial charge in [-0.2, -0.15) is 0 Å². The summed E-state index contributed by atoms with van der Waals surface area (Å²) in [6.07, 6.45) is 1.95. The number of rotatable bonds is 7. The monoisotopic (exact) mass is 314 g/mol. The summed E-state index contributed by atoms with van der Waals surface area (Å²) in [5.41, 5.74) is 6.17. The van der Waals surface area contributed by atoms with E-state index in [0.29, 0.717) is 16.3 Å². The Labute approximate surface area is 129 Å². The summed E-state index contributed by atoms with van der Waals surface area (Å²) in [4.78, 5) is 11.9. The first-order valence-corrected chi connectivity index (χ1v) is 7.24. The van der Waals surface area contributed by atoms with Crippen LogP contribution in [0.4, 0.5) is 0 Å². The highest BCUT2D eigenvalue weighted by atomic mass is 35.5. The molecule has 6 heteroatoms. The van der Waals surface area contributed by atoms with Crippen molar-refractivity contribution in [3.8, 4) is 5.75 Å². The molecule has 0 aliphatic rings. The first-order valence-electron chi connectivity index (χ1n) is 6.45. The molecule has 20 heavy (non-hydrogen) atoms. The lowest BCUT2D eigenvalue weighted by Gasteiger charge is -2.14. The van der Waals surface area contributed by atoms with Crippen molar-refractivity contribution in [3.63, 3.8) is 0 Å². The molecule has 0 heterocycles. The normalized spacial score (nSPS) is 11.8. The zero-order chi connectivity index (χ0) is 15.1. The van der Waals surface area contributed by atoms with Gasteiger partial charge in [0.05, 0.1) is 5.56 Å². The van der Waals surface area contributed by atoms with E-state index in [9.17, 15) is 4.79 Å². The Bertz CT molecular complexity index is 494. The molecule has 0 aliphatic heterocycles. The van der Waals surface area contributed by atoms with Gasteiger partial charge in [-0.1, -0.05) is 37.2 Å². The van der Waals surface area contributed by atoms with Gasteiger partial charge in [-0.25, -0.2) is 0 Å². The molecule has 0 bridgehead atoms. The van der Waals surface area contributed by atoms with Gasteiger partial charge >= 0.3 is 0 Å². The molecular formula is C14H19ClN2O2S. The van der Waals surface area contributed by atoms with Crippen molar-refractivity contribution >= 4 is 34.7 Å². The van der Waals surface area contributed by atoms with E-state index in [1.165, 1.54) is 0 Å². The molecule has 1 amide bonds. The molecule has 1 rings (SSSR count). The van der Waals surface area contributed by atoms with Crippen LogP contribution in [0.15, 0.2) is 18.2 Å². The van der Waals surface area contributed by atoms with E-state index in [0.717, 1.165) is 12.8 Å². The number of hydrogen-bond acceptors (Lipinski definition) is 3. The molecule has 0 fully saturated rings. The Morgan fingerprint density at radius 3 is 2.85 bits per heavy atom. The number of hydrogen-bond donors (Lipinski definition) is 2. The van der Waals surface area contributed by atoms with Crippen molar-refractivity contribution in [1.82, 2.24) is 5.32 Å². The quantitative estimate of drug-likeness (QED) is 0.759. The number of halogens is 1. The van der Waals surface area contributed by atoms with Crippen molar-refractivity contribution in [1.29, 1.82) is 0 Å². The minimum atomic E-state index is -0.181. The van der Waals surface area contributed by atoms with Gasteiger partial charge in [-0.15, -0.1) is 0 Å². The Hall–Kier alpha value is -1.33. The molecule has 0 spiro atoms. The van der Waals surface area contributed by atoms with Gasteiger partial charge in [0.25, 0.3) is 5.91 Å². The highest BCUT2D eigenvalue weighted by molar-refractivity contribution is 7.80. The summed E-state index contributed by atoms with van der Waals surface area (Å²) >= 11 is 10.8. The van der Waals surface area contributed by atoms with E-state index < -0.39 is 0 Å². The molecule has 0 saturated heterocycles. The average molecular weight is 315 g/mol. The van der Waals surface area contributed by atoms with E-state index in [1.54, 1.807) is 18.2 Å². The fourth-order valence-corrected chi connectivity index (χ4v) is 2.11. The Morgan fingerprint density at radius 2 is 2.25 bits per heavy atom. The topological polar surface area (TPSA) is 64.3 Å². The molecule has 3 N–H and O–H groups in total. The lowest BCUT2D eigenvalue weighted by molar-refractivity contribution is -0.123. The van der Waals surface area contributed by atoms with Crippen LogP contribution in [0.25, 0.3) is 0 Å². The van der Waals surface area contributed by atoms with Gasteiger partial charge in [0, 0.05) is 11.1 Å². The van der Waals surface area contributed by atoms with E-state index in [2.05, 4.69) is 12.2 Å². The van der Waals surface area contributed by atoms with Crippen LogP contribution in [0.3, 0.4) is 0 Å². The lowest BCUT2D eigenvalue weighted by atomic mass is 10.2.